The number of carbonyl (C=O) groups excluding carboxylic acids is 2. The van der Waals surface area contributed by atoms with Crippen LogP contribution >= 0.6 is 0 Å². The Morgan fingerprint density at radius 3 is 2.65 bits per heavy atom. The van der Waals surface area contributed by atoms with E-state index >= 15 is 0 Å². The van der Waals surface area contributed by atoms with Crippen molar-refractivity contribution in [1.82, 2.24) is 15.1 Å². The molecular weight excluding hydrogens is 258 g/mol. The minimum absolute atomic E-state index is 0.0324. The van der Waals surface area contributed by atoms with Crippen molar-refractivity contribution in [3.05, 3.63) is 0 Å². The van der Waals surface area contributed by atoms with Crippen LogP contribution < -0.4 is 5.32 Å². The fourth-order valence-electron chi connectivity index (χ4n) is 2.25. The lowest BCUT2D eigenvalue weighted by Crippen LogP contribution is -2.52. The number of hydrogen-bond donors (Lipinski definition) is 1. The average Bonchev–Trinajstić information content (AvgIpc) is 2.40. The highest BCUT2D eigenvalue weighted by molar-refractivity contribution is 5.78. The molecule has 1 rings (SSSR count). The quantitative estimate of drug-likeness (QED) is 0.789. The van der Waals surface area contributed by atoms with Gasteiger partial charge in [-0.2, -0.15) is 0 Å². The van der Waals surface area contributed by atoms with E-state index in [1.54, 1.807) is 4.90 Å². The second-order valence-electron chi connectivity index (χ2n) is 5.48. The molecule has 1 N–H and O–H groups in total. The first kappa shape index (κ1) is 16.8. The zero-order chi connectivity index (χ0) is 15.1. The lowest BCUT2D eigenvalue weighted by molar-refractivity contribution is -0.149. The van der Waals surface area contributed by atoms with Gasteiger partial charge in [-0.1, -0.05) is 13.8 Å². The van der Waals surface area contributed by atoms with Crippen molar-refractivity contribution in [2.45, 2.75) is 33.8 Å². The van der Waals surface area contributed by atoms with Crippen LogP contribution in [0.3, 0.4) is 0 Å². The van der Waals surface area contributed by atoms with E-state index in [0.29, 0.717) is 32.1 Å². The van der Waals surface area contributed by atoms with Gasteiger partial charge in [0.15, 0.2) is 0 Å². The van der Waals surface area contributed by atoms with E-state index in [1.807, 2.05) is 18.7 Å². The Balaban J connectivity index is 2.41. The van der Waals surface area contributed by atoms with Gasteiger partial charge in [-0.05, 0) is 19.8 Å². The predicted octanol–water partition coefficient (Wildman–Crippen LogP) is 0.921. The summed E-state index contributed by atoms with van der Waals surface area (Å²) in [5, 5.41) is 2.87. The zero-order valence-electron chi connectivity index (χ0n) is 13.0. The second-order valence-corrected chi connectivity index (χ2v) is 5.48. The molecule has 0 radical (unpaired) electrons. The van der Waals surface area contributed by atoms with Crippen molar-refractivity contribution in [2.24, 2.45) is 5.92 Å². The number of carbonyl (C=O) groups is 2. The molecule has 3 amide bonds. The van der Waals surface area contributed by atoms with Gasteiger partial charge >= 0.3 is 6.03 Å². The van der Waals surface area contributed by atoms with E-state index in [4.69, 9.17) is 4.74 Å². The van der Waals surface area contributed by atoms with Gasteiger partial charge in [-0.3, -0.25) is 4.79 Å². The highest BCUT2D eigenvalue weighted by Gasteiger charge is 2.27. The van der Waals surface area contributed by atoms with Crippen molar-refractivity contribution in [1.29, 1.82) is 0 Å². The third kappa shape index (κ3) is 5.00. The first-order valence-electron chi connectivity index (χ1n) is 7.40. The van der Waals surface area contributed by atoms with Crippen LogP contribution in [0.4, 0.5) is 4.79 Å². The highest BCUT2D eigenvalue weighted by atomic mass is 16.5. The van der Waals surface area contributed by atoms with Gasteiger partial charge in [-0.15, -0.1) is 0 Å². The van der Waals surface area contributed by atoms with E-state index < -0.39 is 0 Å². The van der Waals surface area contributed by atoms with Crippen LogP contribution in [-0.4, -0.2) is 67.2 Å². The molecule has 6 heteroatoms. The molecule has 1 aliphatic heterocycles. The lowest BCUT2D eigenvalue weighted by atomic mass is 10.1. The maximum atomic E-state index is 11.9. The Labute approximate surface area is 121 Å². The highest BCUT2D eigenvalue weighted by Crippen LogP contribution is 2.09. The third-order valence-electron chi connectivity index (χ3n) is 3.34. The molecule has 1 aliphatic rings. The number of nitrogens with zero attached hydrogens (tertiary/aromatic N) is 2. The van der Waals surface area contributed by atoms with Crippen molar-refractivity contribution in [3.8, 4) is 0 Å². The molecule has 1 saturated heterocycles. The van der Waals surface area contributed by atoms with Crippen molar-refractivity contribution in [2.75, 3.05) is 39.3 Å². The standard InChI is InChI=1S/C14H27N3O3/c1-5-16(6-2)14(19)15-7-12-9-17(8-11(3)4)13(18)10-20-12/h11-12H,5-10H2,1-4H3,(H,15,19)/t12-/m0/s1. The summed E-state index contributed by atoms with van der Waals surface area (Å²) in [6.07, 6.45) is -0.119. The van der Waals surface area contributed by atoms with Crippen LogP contribution in [0.25, 0.3) is 0 Å². The number of rotatable bonds is 6. The van der Waals surface area contributed by atoms with Gasteiger partial charge < -0.3 is 19.9 Å². The van der Waals surface area contributed by atoms with E-state index in [0.717, 1.165) is 6.54 Å². The summed E-state index contributed by atoms with van der Waals surface area (Å²) in [7, 11) is 0. The maximum absolute atomic E-state index is 11.9. The maximum Gasteiger partial charge on any atom is 0.317 e. The lowest BCUT2D eigenvalue weighted by Gasteiger charge is -2.34. The van der Waals surface area contributed by atoms with Crippen LogP contribution in [0, 0.1) is 5.92 Å². The Morgan fingerprint density at radius 2 is 2.10 bits per heavy atom. The number of amides is 3. The number of ether oxygens (including phenoxy) is 1. The van der Waals surface area contributed by atoms with Crippen LogP contribution in [0.5, 0.6) is 0 Å². The van der Waals surface area contributed by atoms with Gasteiger partial charge in [0.2, 0.25) is 5.91 Å². The number of hydrogen-bond acceptors (Lipinski definition) is 3. The zero-order valence-corrected chi connectivity index (χ0v) is 13.0. The summed E-state index contributed by atoms with van der Waals surface area (Å²) in [4.78, 5) is 27.1. The molecule has 0 bridgehead atoms. The SMILES string of the molecule is CCN(CC)C(=O)NC[C@H]1CN(CC(C)C)C(=O)CO1. The van der Waals surface area contributed by atoms with Crippen molar-refractivity contribution in [3.63, 3.8) is 0 Å². The summed E-state index contributed by atoms with van der Waals surface area (Å²) in [6, 6.07) is -0.0779. The average molecular weight is 285 g/mol. The van der Waals surface area contributed by atoms with E-state index in [1.165, 1.54) is 0 Å². The van der Waals surface area contributed by atoms with E-state index in [9.17, 15) is 9.59 Å². The molecule has 6 nitrogen and oxygen atoms in total. The smallest absolute Gasteiger partial charge is 0.317 e. The molecule has 0 spiro atoms. The Morgan fingerprint density at radius 1 is 1.45 bits per heavy atom. The van der Waals surface area contributed by atoms with Crippen LogP contribution in [0.15, 0.2) is 0 Å². The molecule has 0 saturated carbocycles. The summed E-state index contributed by atoms with van der Waals surface area (Å²) in [5.74, 6) is 0.466. The van der Waals surface area contributed by atoms with E-state index in [-0.39, 0.29) is 24.6 Å². The van der Waals surface area contributed by atoms with Crippen molar-refractivity contribution < 1.29 is 14.3 Å². The summed E-state index contributed by atoms with van der Waals surface area (Å²) in [6.45, 7) is 11.3. The first-order valence-corrected chi connectivity index (χ1v) is 7.40. The van der Waals surface area contributed by atoms with Crippen LogP contribution in [0.2, 0.25) is 0 Å². The minimum Gasteiger partial charge on any atom is -0.365 e. The Kier molecular flexibility index (Phi) is 6.78. The van der Waals surface area contributed by atoms with Gasteiger partial charge in [0, 0.05) is 32.7 Å². The molecule has 0 aromatic heterocycles. The molecule has 0 aromatic carbocycles. The molecule has 116 valence electrons. The summed E-state index contributed by atoms with van der Waals surface area (Å²) >= 11 is 0. The van der Waals surface area contributed by atoms with Gasteiger partial charge in [-0.25, -0.2) is 4.79 Å². The fraction of sp³-hybridized carbons (Fsp3) is 0.857. The van der Waals surface area contributed by atoms with Gasteiger partial charge in [0.05, 0.1) is 6.10 Å². The summed E-state index contributed by atoms with van der Waals surface area (Å²) < 4.78 is 5.48. The molecule has 0 aromatic rings. The second kappa shape index (κ2) is 8.09. The van der Waals surface area contributed by atoms with E-state index in [2.05, 4.69) is 19.2 Å². The van der Waals surface area contributed by atoms with Crippen LogP contribution in [-0.2, 0) is 9.53 Å². The monoisotopic (exact) mass is 285 g/mol. The third-order valence-corrected chi connectivity index (χ3v) is 3.34. The Hall–Kier alpha value is -1.30. The largest absolute Gasteiger partial charge is 0.365 e. The molecule has 0 aliphatic carbocycles. The molecular formula is C14H27N3O3. The fourth-order valence-corrected chi connectivity index (χ4v) is 2.25. The molecule has 20 heavy (non-hydrogen) atoms. The van der Waals surface area contributed by atoms with Crippen molar-refractivity contribution >= 4 is 11.9 Å². The number of nitrogens with one attached hydrogen (secondary N) is 1. The van der Waals surface area contributed by atoms with Gasteiger partial charge in [0.25, 0.3) is 0 Å². The molecule has 1 atom stereocenters. The molecule has 1 heterocycles. The normalized spacial score (nSPS) is 19.4. The topological polar surface area (TPSA) is 61.9 Å². The molecule has 1 fully saturated rings. The minimum atomic E-state index is -0.119. The number of urea groups is 1. The Bertz CT molecular complexity index is 330. The predicted molar refractivity (Wildman–Crippen MR) is 77.5 cm³/mol. The molecule has 0 unspecified atom stereocenters. The number of morpholine rings is 1. The first-order chi connectivity index (χ1) is 9.47. The van der Waals surface area contributed by atoms with Gasteiger partial charge in [0.1, 0.15) is 6.61 Å². The summed E-state index contributed by atoms with van der Waals surface area (Å²) in [5.41, 5.74) is 0. The van der Waals surface area contributed by atoms with Crippen LogP contribution in [0.1, 0.15) is 27.7 Å².